The van der Waals surface area contributed by atoms with Crippen LogP contribution in [0.4, 0.5) is 11.4 Å². The number of nitrogens with zero attached hydrogens (tertiary/aromatic N) is 1. The van der Waals surface area contributed by atoms with Crippen LogP contribution < -0.4 is 10.2 Å². The van der Waals surface area contributed by atoms with Crippen LogP contribution in [0.5, 0.6) is 0 Å². The molecule has 2 aromatic rings. The van der Waals surface area contributed by atoms with Gasteiger partial charge in [-0.05, 0) is 48.7 Å². The van der Waals surface area contributed by atoms with E-state index in [1.54, 1.807) is 17.0 Å². The fourth-order valence-electron chi connectivity index (χ4n) is 2.82. The lowest BCUT2D eigenvalue weighted by Gasteiger charge is -2.16. The van der Waals surface area contributed by atoms with Crippen molar-refractivity contribution in [3.8, 4) is 0 Å². The Morgan fingerprint density at radius 3 is 2.62 bits per heavy atom. The Labute approximate surface area is 146 Å². The minimum atomic E-state index is -0.0923. The van der Waals surface area contributed by atoms with Crippen LogP contribution >= 0.6 is 11.6 Å². The summed E-state index contributed by atoms with van der Waals surface area (Å²) in [6.07, 6.45) is 1.80. The van der Waals surface area contributed by atoms with Crippen molar-refractivity contribution in [1.29, 1.82) is 0 Å². The lowest BCUT2D eigenvalue weighted by Crippen LogP contribution is -2.23. The number of hydrogen-bond donors (Lipinski definition) is 1. The molecule has 1 aliphatic heterocycles. The molecule has 0 spiro atoms. The summed E-state index contributed by atoms with van der Waals surface area (Å²) in [5.74, 6) is 0.0716. The zero-order valence-electron chi connectivity index (χ0n) is 13.5. The van der Waals surface area contributed by atoms with E-state index in [4.69, 9.17) is 11.6 Å². The van der Waals surface area contributed by atoms with Crippen LogP contribution in [0.15, 0.2) is 42.5 Å². The molecule has 1 aliphatic rings. The number of carbonyl (C=O) groups is 2. The molecule has 3 rings (SSSR count). The molecule has 2 amide bonds. The fourth-order valence-corrected chi connectivity index (χ4v) is 3.00. The molecular formula is C19H19ClN2O2. The highest BCUT2D eigenvalue weighted by molar-refractivity contribution is 6.31. The van der Waals surface area contributed by atoms with Crippen LogP contribution in [0.25, 0.3) is 0 Å². The first-order chi connectivity index (χ1) is 11.5. The van der Waals surface area contributed by atoms with Gasteiger partial charge in [0.2, 0.25) is 11.8 Å². The number of halogens is 1. The van der Waals surface area contributed by atoms with Crippen molar-refractivity contribution in [2.75, 3.05) is 16.8 Å². The van der Waals surface area contributed by atoms with Crippen molar-refractivity contribution >= 4 is 34.8 Å². The van der Waals surface area contributed by atoms with Crippen molar-refractivity contribution in [2.45, 2.75) is 26.2 Å². The molecule has 0 aromatic heterocycles. The largest absolute Gasteiger partial charge is 0.326 e. The van der Waals surface area contributed by atoms with Crippen molar-refractivity contribution < 1.29 is 9.59 Å². The van der Waals surface area contributed by atoms with E-state index in [-0.39, 0.29) is 18.2 Å². The smallest absolute Gasteiger partial charge is 0.228 e. The third kappa shape index (κ3) is 3.77. The predicted molar refractivity (Wildman–Crippen MR) is 96.6 cm³/mol. The monoisotopic (exact) mass is 342 g/mol. The second kappa shape index (κ2) is 7.05. The molecule has 124 valence electrons. The minimum absolute atomic E-state index is 0.0923. The van der Waals surface area contributed by atoms with Crippen LogP contribution in [0.1, 0.15) is 24.0 Å². The summed E-state index contributed by atoms with van der Waals surface area (Å²) >= 11 is 5.97. The van der Waals surface area contributed by atoms with Gasteiger partial charge in [-0.15, -0.1) is 0 Å². The molecular weight excluding hydrogens is 324 g/mol. The number of hydrogen-bond acceptors (Lipinski definition) is 2. The molecule has 4 nitrogen and oxygen atoms in total. The number of anilines is 2. The fraction of sp³-hybridized carbons (Fsp3) is 0.263. The van der Waals surface area contributed by atoms with Gasteiger partial charge in [0.1, 0.15) is 0 Å². The molecule has 1 saturated heterocycles. The van der Waals surface area contributed by atoms with Gasteiger partial charge in [-0.25, -0.2) is 0 Å². The van der Waals surface area contributed by atoms with E-state index in [9.17, 15) is 9.59 Å². The minimum Gasteiger partial charge on any atom is -0.326 e. The molecule has 1 heterocycles. The molecule has 0 atom stereocenters. The maximum absolute atomic E-state index is 12.2. The molecule has 1 N–H and O–H groups in total. The molecule has 0 bridgehead atoms. The average molecular weight is 343 g/mol. The maximum Gasteiger partial charge on any atom is 0.228 e. The van der Waals surface area contributed by atoms with E-state index in [1.165, 1.54) is 0 Å². The van der Waals surface area contributed by atoms with Gasteiger partial charge in [-0.2, -0.15) is 0 Å². The first-order valence-corrected chi connectivity index (χ1v) is 8.36. The summed E-state index contributed by atoms with van der Waals surface area (Å²) in [5.41, 5.74) is 3.50. The Bertz CT molecular complexity index is 771. The topological polar surface area (TPSA) is 49.4 Å². The zero-order chi connectivity index (χ0) is 17.1. The van der Waals surface area contributed by atoms with E-state index in [1.807, 2.05) is 37.3 Å². The van der Waals surface area contributed by atoms with Gasteiger partial charge >= 0.3 is 0 Å². The standard InChI is InChI=1S/C19H19ClN2O2/c1-13-4-7-15(20)12-17(13)21-18(23)11-14-5-8-16(9-6-14)22-10-2-3-19(22)24/h4-9,12H,2-3,10-11H2,1H3,(H,21,23). The second-order valence-electron chi connectivity index (χ2n) is 6.00. The average Bonchev–Trinajstić information content (AvgIpc) is 2.98. The Balaban J connectivity index is 1.64. The van der Waals surface area contributed by atoms with E-state index >= 15 is 0 Å². The molecule has 1 fully saturated rings. The quantitative estimate of drug-likeness (QED) is 0.914. The number of rotatable bonds is 4. The zero-order valence-corrected chi connectivity index (χ0v) is 14.3. The highest BCUT2D eigenvalue weighted by Crippen LogP contribution is 2.23. The van der Waals surface area contributed by atoms with E-state index in [0.29, 0.717) is 11.4 Å². The molecule has 0 aliphatic carbocycles. The van der Waals surface area contributed by atoms with Crippen molar-refractivity contribution in [2.24, 2.45) is 0 Å². The predicted octanol–water partition coefficient (Wildman–Crippen LogP) is 3.96. The van der Waals surface area contributed by atoms with Gasteiger partial charge in [0.25, 0.3) is 0 Å². The summed E-state index contributed by atoms with van der Waals surface area (Å²) < 4.78 is 0. The van der Waals surface area contributed by atoms with Gasteiger partial charge < -0.3 is 10.2 Å². The van der Waals surface area contributed by atoms with E-state index in [2.05, 4.69) is 5.32 Å². The van der Waals surface area contributed by atoms with Crippen molar-refractivity contribution in [3.63, 3.8) is 0 Å². The van der Waals surface area contributed by atoms with Crippen LogP contribution in [-0.4, -0.2) is 18.4 Å². The summed E-state index contributed by atoms with van der Waals surface area (Å²) in [7, 11) is 0. The number of amides is 2. The molecule has 24 heavy (non-hydrogen) atoms. The Morgan fingerprint density at radius 2 is 1.96 bits per heavy atom. The molecule has 0 unspecified atom stereocenters. The van der Waals surface area contributed by atoms with Crippen LogP contribution in [0.2, 0.25) is 5.02 Å². The SMILES string of the molecule is Cc1ccc(Cl)cc1NC(=O)Cc1ccc(N2CCCC2=O)cc1. The van der Waals surface area contributed by atoms with Gasteiger partial charge in [-0.3, -0.25) is 9.59 Å². The van der Waals surface area contributed by atoms with Crippen LogP contribution in [-0.2, 0) is 16.0 Å². The number of aryl methyl sites for hydroxylation is 1. The van der Waals surface area contributed by atoms with Crippen molar-refractivity contribution in [1.82, 2.24) is 0 Å². The summed E-state index contributed by atoms with van der Waals surface area (Å²) in [6.45, 7) is 2.69. The lowest BCUT2D eigenvalue weighted by molar-refractivity contribution is -0.117. The molecule has 0 saturated carbocycles. The number of carbonyl (C=O) groups excluding carboxylic acids is 2. The van der Waals surface area contributed by atoms with Gasteiger partial charge in [0.15, 0.2) is 0 Å². The van der Waals surface area contributed by atoms with Gasteiger partial charge in [0, 0.05) is 29.4 Å². The normalized spacial score (nSPS) is 14.1. The third-order valence-corrected chi connectivity index (χ3v) is 4.39. The first kappa shape index (κ1) is 16.5. The lowest BCUT2D eigenvalue weighted by atomic mass is 10.1. The Kier molecular flexibility index (Phi) is 4.86. The molecule has 2 aromatic carbocycles. The first-order valence-electron chi connectivity index (χ1n) is 7.98. The highest BCUT2D eigenvalue weighted by Gasteiger charge is 2.21. The van der Waals surface area contributed by atoms with E-state index in [0.717, 1.165) is 35.5 Å². The maximum atomic E-state index is 12.2. The van der Waals surface area contributed by atoms with Gasteiger partial charge in [-0.1, -0.05) is 29.8 Å². The highest BCUT2D eigenvalue weighted by atomic mass is 35.5. The third-order valence-electron chi connectivity index (χ3n) is 4.16. The van der Waals surface area contributed by atoms with Crippen LogP contribution in [0, 0.1) is 6.92 Å². The molecule has 0 radical (unpaired) electrons. The number of benzene rings is 2. The summed E-state index contributed by atoms with van der Waals surface area (Å²) in [4.78, 5) is 25.8. The van der Waals surface area contributed by atoms with E-state index < -0.39 is 0 Å². The summed E-state index contributed by atoms with van der Waals surface area (Å²) in [5, 5.41) is 3.48. The Morgan fingerprint density at radius 1 is 1.21 bits per heavy atom. The second-order valence-corrected chi connectivity index (χ2v) is 6.44. The van der Waals surface area contributed by atoms with Crippen molar-refractivity contribution in [3.05, 3.63) is 58.6 Å². The van der Waals surface area contributed by atoms with Crippen LogP contribution in [0.3, 0.4) is 0 Å². The molecule has 5 heteroatoms. The van der Waals surface area contributed by atoms with Gasteiger partial charge in [0.05, 0.1) is 6.42 Å². The summed E-state index contributed by atoms with van der Waals surface area (Å²) in [6, 6.07) is 13.0. The number of nitrogens with one attached hydrogen (secondary N) is 1. The Hall–Kier alpha value is -2.33.